The summed E-state index contributed by atoms with van der Waals surface area (Å²) in [6.07, 6.45) is 0.375. The second kappa shape index (κ2) is 4.70. The average Bonchev–Trinajstić information content (AvgIpc) is 2.27. The number of ether oxygens (including phenoxy) is 1. The predicted molar refractivity (Wildman–Crippen MR) is 54.9 cm³/mol. The van der Waals surface area contributed by atoms with E-state index in [-0.39, 0.29) is 6.61 Å². The van der Waals surface area contributed by atoms with Crippen LogP contribution in [0.2, 0.25) is 0 Å². The summed E-state index contributed by atoms with van der Waals surface area (Å²) in [5.41, 5.74) is 4.67. The number of aldehydes is 1. The van der Waals surface area contributed by atoms with E-state index >= 15 is 0 Å². The van der Waals surface area contributed by atoms with Crippen molar-refractivity contribution in [3.05, 3.63) is 35.9 Å². The number of nitrogens with two attached hydrogens (primary N) is 1. The molecule has 0 radical (unpaired) electrons. The molecule has 0 heterocycles. The Morgan fingerprint density at radius 2 is 2.07 bits per heavy atom. The van der Waals surface area contributed by atoms with Gasteiger partial charge in [-0.3, -0.25) is 0 Å². The van der Waals surface area contributed by atoms with E-state index in [4.69, 9.17) is 10.5 Å². The van der Waals surface area contributed by atoms with Crippen LogP contribution in [0.15, 0.2) is 30.3 Å². The van der Waals surface area contributed by atoms with Crippen LogP contribution in [0, 0.1) is 0 Å². The topological polar surface area (TPSA) is 69.4 Å². The fourth-order valence-electron chi connectivity index (χ4n) is 0.927. The molecule has 0 aliphatic carbocycles. The minimum Gasteiger partial charge on any atom is -0.459 e. The number of carbonyl (C=O) groups is 2. The maximum absolute atomic E-state index is 11.3. The van der Waals surface area contributed by atoms with Crippen molar-refractivity contribution >= 4 is 12.3 Å². The molecule has 0 aliphatic rings. The molecular formula is C11H13NO3. The molecule has 0 saturated heterocycles. The lowest BCUT2D eigenvalue weighted by atomic mass is 10.1. The second-order valence-corrected chi connectivity index (χ2v) is 3.46. The highest BCUT2D eigenvalue weighted by molar-refractivity contribution is 5.97. The summed E-state index contributed by atoms with van der Waals surface area (Å²) in [7, 11) is 0. The van der Waals surface area contributed by atoms with Crippen molar-refractivity contribution in [2.75, 3.05) is 0 Å². The van der Waals surface area contributed by atoms with Crippen molar-refractivity contribution in [3.8, 4) is 0 Å². The van der Waals surface area contributed by atoms with Crippen LogP contribution in [0.4, 0.5) is 0 Å². The van der Waals surface area contributed by atoms with Gasteiger partial charge in [-0.25, -0.2) is 4.79 Å². The van der Waals surface area contributed by atoms with Crippen LogP contribution in [0.3, 0.4) is 0 Å². The molecule has 0 saturated carbocycles. The van der Waals surface area contributed by atoms with Gasteiger partial charge in [-0.2, -0.15) is 0 Å². The third-order valence-corrected chi connectivity index (χ3v) is 1.90. The van der Waals surface area contributed by atoms with Crippen molar-refractivity contribution in [3.63, 3.8) is 0 Å². The molecule has 0 amide bonds. The lowest BCUT2D eigenvalue weighted by Crippen LogP contribution is -2.47. The largest absolute Gasteiger partial charge is 0.459 e. The smallest absolute Gasteiger partial charge is 0.333 e. The Hall–Kier alpha value is -1.68. The Labute approximate surface area is 88.0 Å². The van der Waals surface area contributed by atoms with Crippen LogP contribution in [0.25, 0.3) is 0 Å². The van der Waals surface area contributed by atoms with Gasteiger partial charge < -0.3 is 15.3 Å². The fraction of sp³-hybridized carbons (Fsp3) is 0.273. The van der Waals surface area contributed by atoms with E-state index in [0.29, 0.717) is 6.29 Å². The number of benzene rings is 1. The van der Waals surface area contributed by atoms with Crippen molar-refractivity contribution in [1.29, 1.82) is 0 Å². The number of hydrogen-bond acceptors (Lipinski definition) is 4. The second-order valence-electron chi connectivity index (χ2n) is 3.46. The zero-order valence-electron chi connectivity index (χ0n) is 8.47. The van der Waals surface area contributed by atoms with Crippen LogP contribution in [0.1, 0.15) is 12.5 Å². The first-order chi connectivity index (χ1) is 7.06. The summed E-state index contributed by atoms with van der Waals surface area (Å²) in [6.45, 7) is 1.44. The highest BCUT2D eigenvalue weighted by Gasteiger charge is 2.29. The maximum atomic E-state index is 11.3. The van der Waals surface area contributed by atoms with Gasteiger partial charge in [-0.05, 0) is 12.5 Å². The fourth-order valence-corrected chi connectivity index (χ4v) is 0.927. The summed E-state index contributed by atoms with van der Waals surface area (Å²) >= 11 is 0. The third-order valence-electron chi connectivity index (χ3n) is 1.90. The molecule has 1 aromatic rings. The number of esters is 1. The van der Waals surface area contributed by atoms with Gasteiger partial charge in [0, 0.05) is 0 Å². The van der Waals surface area contributed by atoms with Crippen molar-refractivity contribution in [2.45, 2.75) is 19.1 Å². The molecule has 80 valence electrons. The average molecular weight is 207 g/mol. The van der Waals surface area contributed by atoms with E-state index in [1.807, 2.05) is 30.3 Å². The van der Waals surface area contributed by atoms with Gasteiger partial charge in [0.25, 0.3) is 0 Å². The molecule has 1 rings (SSSR count). The normalized spacial score (nSPS) is 14.0. The maximum Gasteiger partial charge on any atom is 0.333 e. The summed E-state index contributed by atoms with van der Waals surface area (Å²) in [6, 6.07) is 9.18. The van der Waals surface area contributed by atoms with E-state index in [9.17, 15) is 9.59 Å². The van der Waals surface area contributed by atoms with Gasteiger partial charge in [-0.1, -0.05) is 30.3 Å². The van der Waals surface area contributed by atoms with Gasteiger partial charge in [0.15, 0.2) is 11.8 Å². The molecule has 2 N–H and O–H groups in total. The van der Waals surface area contributed by atoms with Crippen LogP contribution in [-0.4, -0.2) is 17.8 Å². The van der Waals surface area contributed by atoms with Crippen molar-refractivity contribution < 1.29 is 14.3 Å². The minimum absolute atomic E-state index is 0.125. The van der Waals surface area contributed by atoms with E-state index in [1.54, 1.807) is 0 Å². The van der Waals surface area contributed by atoms with Crippen LogP contribution in [0.5, 0.6) is 0 Å². The summed E-state index contributed by atoms with van der Waals surface area (Å²) in [5.74, 6) is -0.721. The predicted octanol–water partition coefficient (Wildman–Crippen LogP) is 0.646. The summed E-state index contributed by atoms with van der Waals surface area (Å²) < 4.78 is 4.89. The standard InChI is InChI=1S/C11H13NO3/c1-11(12,8-13)10(14)15-7-9-5-3-2-4-6-9/h2-6,8H,7,12H2,1H3/t11-/m0/s1. The highest BCUT2D eigenvalue weighted by atomic mass is 16.5. The van der Waals surface area contributed by atoms with Crippen LogP contribution < -0.4 is 5.73 Å². The Balaban J connectivity index is 2.52. The zero-order chi connectivity index (χ0) is 11.3. The number of hydrogen-bond donors (Lipinski definition) is 1. The lowest BCUT2D eigenvalue weighted by molar-refractivity contribution is -0.152. The Morgan fingerprint density at radius 3 is 2.60 bits per heavy atom. The van der Waals surface area contributed by atoms with E-state index in [1.165, 1.54) is 6.92 Å². The molecule has 0 aromatic heterocycles. The van der Waals surface area contributed by atoms with Gasteiger partial charge in [0.2, 0.25) is 0 Å². The Morgan fingerprint density at radius 1 is 1.47 bits per heavy atom. The van der Waals surface area contributed by atoms with Gasteiger partial charge in [-0.15, -0.1) is 0 Å². The molecule has 0 bridgehead atoms. The summed E-state index contributed by atoms with van der Waals surface area (Å²) in [5, 5.41) is 0. The zero-order valence-corrected chi connectivity index (χ0v) is 8.47. The highest BCUT2D eigenvalue weighted by Crippen LogP contribution is 2.04. The molecular weight excluding hydrogens is 194 g/mol. The van der Waals surface area contributed by atoms with Gasteiger partial charge in [0.05, 0.1) is 0 Å². The minimum atomic E-state index is -1.56. The van der Waals surface area contributed by atoms with Crippen LogP contribution >= 0.6 is 0 Å². The van der Waals surface area contributed by atoms with Gasteiger partial charge >= 0.3 is 5.97 Å². The lowest BCUT2D eigenvalue weighted by Gasteiger charge is -2.15. The molecule has 1 atom stereocenters. The molecule has 0 spiro atoms. The third kappa shape index (κ3) is 3.18. The molecule has 0 unspecified atom stereocenters. The SMILES string of the molecule is C[C@](N)(C=O)C(=O)OCc1ccccc1. The Kier molecular flexibility index (Phi) is 3.57. The van der Waals surface area contributed by atoms with Crippen molar-refractivity contribution in [1.82, 2.24) is 0 Å². The first-order valence-corrected chi connectivity index (χ1v) is 4.52. The quantitative estimate of drug-likeness (QED) is 0.447. The molecule has 4 heteroatoms. The van der Waals surface area contributed by atoms with Gasteiger partial charge in [0.1, 0.15) is 6.61 Å². The van der Waals surface area contributed by atoms with E-state index < -0.39 is 11.5 Å². The molecule has 1 aromatic carbocycles. The first kappa shape index (κ1) is 11.4. The summed E-state index contributed by atoms with van der Waals surface area (Å²) in [4.78, 5) is 21.7. The molecule has 0 aliphatic heterocycles. The Bertz CT molecular complexity index is 346. The first-order valence-electron chi connectivity index (χ1n) is 4.52. The monoisotopic (exact) mass is 207 g/mol. The van der Waals surface area contributed by atoms with E-state index in [2.05, 4.69) is 0 Å². The molecule has 15 heavy (non-hydrogen) atoms. The number of rotatable bonds is 4. The van der Waals surface area contributed by atoms with Crippen LogP contribution in [-0.2, 0) is 20.9 Å². The van der Waals surface area contributed by atoms with Crippen molar-refractivity contribution in [2.24, 2.45) is 5.73 Å². The van der Waals surface area contributed by atoms with E-state index in [0.717, 1.165) is 5.56 Å². The number of carbonyl (C=O) groups excluding carboxylic acids is 2. The molecule has 4 nitrogen and oxygen atoms in total. The molecule has 0 fully saturated rings.